The third kappa shape index (κ3) is 4.90. The summed E-state index contributed by atoms with van der Waals surface area (Å²) < 4.78 is 5.25. The van der Waals surface area contributed by atoms with Gasteiger partial charge in [0.1, 0.15) is 6.61 Å². The lowest BCUT2D eigenvalue weighted by atomic mass is 10.1. The molecule has 0 saturated carbocycles. The highest BCUT2D eigenvalue weighted by molar-refractivity contribution is 6.35. The molecular weight excluding hydrogens is 259 g/mol. The van der Waals surface area contributed by atoms with E-state index >= 15 is 0 Å². The summed E-state index contributed by atoms with van der Waals surface area (Å²) in [5, 5.41) is 0.887. The second-order valence-corrected chi connectivity index (χ2v) is 4.37. The van der Waals surface area contributed by atoms with Crippen LogP contribution < -0.4 is 0 Å². The zero-order valence-electron chi connectivity index (χ0n) is 9.42. The smallest absolute Gasteiger partial charge is 0.190 e. The van der Waals surface area contributed by atoms with E-state index in [0.29, 0.717) is 22.2 Å². The minimum atomic E-state index is -0.156. The number of carbonyl (C=O) groups excluding carboxylic acids is 1. The molecule has 4 heteroatoms. The highest BCUT2D eigenvalue weighted by Gasteiger charge is 2.10. The number of rotatable bonds is 7. The van der Waals surface area contributed by atoms with Crippen LogP contribution in [0, 0.1) is 0 Å². The van der Waals surface area contributed by atoms with Crippen molar-refractivity contribution in [2.75, 3.05) is 13.2 Å². The lowest BCUT2D eigenvalue weighted by Gasteiger charge is -2.05. The maximum atomic E-state index is 11.8. The first kappa shape index (κ1) is 14.2. The average Bonchev–Trinajstić information content (AvgIpc) is 2.32. The average molecular weight is 273 g/mol. The van der Waals surface area contributed by atoms with Gasteiger partial charge in [-0.2, -0.15) is 0 Å². The first-order chi connectivity index (χ1) is 8.15. The molecule has 0 aliphatic carbocycles. The van der Waals surface area contributed by atoms with Gasteiger partial charge in [0.25, 0.3) is 0 Å². The molecule has 92 valence electrons. The maximum absolute atomic E-state index is 11.8. The third-order valence-electron chi connectivity index (χ3n) is 2.16. The van der Waals surface area contributed by atoms with Crippen LogP contribution in [0.25, 0.3) is 0 Å². The summed E-state index contributed by atoms with van der Waals surface area (Å²) >= 11 is 11.7. The normalized spacial score (nSPS) is 10.2. The molecule has 0 spiro atoms. The molecule has 1 rings (SSSR count). The van der Waals surface area contributed by atoms with Crippen molar-refractivity contribution in [3.8, 4) is 0 Å². The highest BCUT2D eigenvalue weighted by atomic mass is 35.5. The molecule has 0 unspecified atom stereocenters. The van der Waals surface area contributed by atoms with Gasteiger partial charge in [-0.3, -0.25) is 4.79 Å². The van der Waals surface area contributed by atoms with Gasteiger partial charge in [0.15, 0.2) is 5.78 Å². The Morgan fingerprint density at radius 2 is 2.18 bits per heavy atom. The zero-order chi connectivity index (χ0) is 12.7. The Morgan fingerprint density at radius 1 is 1.41 bits per heavy atom. The first-order valence-electron chi connectivity index (χ1n) is 5.32. The number of hydrogen-bond acceptors (Lipinski definition) is 2. The van der Waals surface area contributed by atoms with E-state index in [1.165, 1.54) is 0 Å². The van der Waals surface area contributed by atoms with Gasteiger partial charge in [0.05, 0.1) is 5.02 Å². The van der Waals surface area contributed by atoms with Gasteiger partial charge in [-0.1, -0.05) is 29.3 Å². The van der Waals surface area contributed by atoms with Crippen LogP contribution in [0.2, 0.25) is 10.0 Å². The highest BCUT2D eigenvalue weighted by Crippen LogP contribution is 2.21. The molecule has 0 aliphatic heterocycles. The second-order valence-electron chi connectivity index (χ2n) is 3.53. The largest absolute Gasteiger partial charge is 0.373 e. The number of ether oxygens (including phenoxy) is 1. The van der Waals surface area contributed by atoms with Crippen LogP contribution >= 0.6 is 23.2 Å². The van der Waals surface area contributed by atoms with Crippen molar-refractivity contribution in [2.45, 2.75) is 12.8 Å². The molecule has 0 N–H and O–H groups in total. The SMILES string of the molecule is C=CCCCOCC(=O)c1cc(Cl)ccc1Cl. The zero-order valence-corrected chi connectivity index (χ0v) is 10.9. The van der Waals surface area contributed by atoms with Crippen molar-refractivity contribution in [3.05, 3.63) is 46.5 Å². The summed E-state index contributed by atoms with van der Waals surface area (Å²) in [5.74, 6) is -0.156. The Labute approximate surface area is 111 Å². The Hall–Kier alpha value is -0.830. The van der Waals surface area contributed by atoms with Gasteiger partial charge >= 0.3 is 0 Å². The molecule has 1 aromatic rings. The van der Waals surface area contributed by atoms with Gasteiger partial charge in [0.2, 0.25) is 0 Å². The van der Waals surface area contributed by atoms with E-state index < -0.39 is 0 Å². The topological polar surface area (TPSA) is 26.3 Å². The van der Waals surface area contributed by atoms with Crippen LogP contribution in [-0.4, -0.2) is 19.0 Å². The minimum absolute atomic E-state index is 0.0250. The standard InChI is InChI=1S/C13H14Cl2O2/c1-2-3-4-7-17-9-13(16)11-8-10(14)5-6-12(11)15/h2,5-6,8H,1,3-4,7,9H2. The number of ketones is 1. The van der Waals surface area contributed by atoms with E-state index in [2.05, 4.69) is 6.58 Å². The van der Waals surface area contributed by atoms with E-state index in [4.69, 9.17) is 27.9 Å². The van der Waals surface area contributed by atoms with Crippen molar-refractivity contribution in [1.82, 2.24) is 0 Å². The summed E-state index contributed by atoms with van der Waals surface area (Å²) in [7, 11) is 0. The van der Waals surface area contributed by atoms with E-state index in [-0.39, 0.29) is 12.4 Å². The molecule has 0 atom stereocenters. The molecule has 2 nitrogen and oxygen atoms in total. The van der Waals surface area contributed by atoms with Gasteiger partial charge in [-0.05, 0) is 31.0 Å². The fourth-order valence-corrected chi connectivity index (χ4v) is 1.68. The summed E-state index contributed by atoms with van der Waals surface area (Å²) in [6.45, 7) is 4.17. The van der Waals surface area contributed by atoms with Gasteiger partial charge in [-0.15, -0.1) is 6.58 Å². The predicted molar refractivity (Wildman–Crippen MR) is 71.0 cm³/mol. The van der Waals surface area contributed by atoms with Crippen LogP contribution in [0.15, 0.2) is 30.9 Å². The first-order valence-corrected chi connectivity index (χ1v) is 6.07. The molecule has 0 aliphatic rings. The van der Waals surface area contributed by atoms with Crippen molar-refractivity contribution in [3.63, 3.8) is 0 Å². The maximum Gasteiger partial charge on any atom is 0.190 e. The Bertz CT molecular complexity index is 402. The fraction of sp³-hybridized carbons (Fsp3) is 0.308. The molecule has 1 aromatic carbocycles. The second kappa shape index (κ2) is 7.49. The quantitative estimate of drug-likeness (QED) is 0.423. The van der Waals surface area contributed by atoms with Gasteiger partial charge < -0.3 is 4.74 Å². The number of unbranched alkanes of at least 4 members (excludes halogenated alkanes) is 1. The van der Waals surface area contributed by atoms with E-state index in [1.807, 2.05) is 6.08 Å². The van der Waals surface area contributed by atoms with E-state index in [9.17, 15) is 4.79 Å². The Balaban J connectivity index is 2.46. The Morgan fingerprint density at radius 3 is 2.88 bits per heavy atom. The summed E-state index contributed by atoms with van der Waals surface area (Å²) in [5.41, 5.74) is 0.405. The fourth-order valence-electron chi connectivity index (χ4n) is 1.28. The lowest BCUT2D eigenvalue weighted by molar-refractivity contribution is 0.0757. The van der Waals surface area contributed by atoms with Gasteiger partial charge in [0, 0.05) is 17.2 Å². The van der Waals surface area contributed by atoms with Crippen molar-refractivity contribution < 1.29 is 9.53 Å². The van der Waals surface area contributed by atoms with Crippen LogP contribution in [0.3, 0.4) is 0 Å². The molecule has 0 aromatic heterocycles. The van der Waals surface area contributed by atoms with E-state index in [1.54, 1.807) is 18.2 Å². The van der Waals surface area contributed by atoms with Crippen molar-refractivity contribution in [2.24, 2.45) is 0 Å². The lowest BCUT2D eigenvalue weighted by Crippen LogP contribution is -2.10. The van der Waals surface area contributed by atoms with Crippen LogP contribution in [0.4, 0.5) is 0 Å². The molecule has 0 amide bonds. The monoisotopic (exact) mass is 272 g/mol. The molecule has 0 bridgehead atoms. The summed E-state index contributed by atoms with van der Waals surface area (Å²) in [4.78, 5) is 11.8. The minimum Gasteiger partial charge on any atom is -0.373 e. The van der Waals surface area contributed by atoms with Gasteiger partial charge in [-0.25, -0.2) is 0 Å². The summed E-state index contributed by atoms with van der Waals surface area (Å²) in [6, 6.07) is 4.81. The predicted octanol–water partition coefficient (Wildman–Crippen LogP) is 4.16. The van der Waals surface area contributed by atoms with E-state index in [0.717, 1.165) is 12.8 Å². The van der Waals surface area contributed by atoms with Crippen LogP contribution in [0.1, 0.15) is 23.2 Å². The molecule has 0 saturated heterocycles. The molecule has 0 radical (unpaired) electrons. The van der Waals surface area contributed by atoms with Crippen LogP contribution in [-0.2, 0) is 4.74 Å². The molecular formula is C13H14Cl2O2. The van der Waals surface area contributed by atoms with Crippen LogP contribution in [0.5, 0.6) is 0 Å². The van der Waals surface area contributed by atoms with Crippen molar-refractivity contribution >= 4 is 29.0 Å². The molecule has 17 heavy (non-hydrogen) atoms. The number of benzene rings is 1. The summed E-state index contributed by atoms with van der Waals surface area (Å²) in [6.07, 6.45) is 3.56. The number of Topliss-reactive ketones (excluding diaryl/α,β-unsaturated/α-hetero) is 1. The molecule has 0 fully saturated rings. The third-order valence-corrected chi connectivity index (χ3v) is 2.72. The van der Waals surface area contributed by atoms with Crippen molar-refractivity contribution in [1.29, 1.82) is 0 Å². The molecule has 0 heterocycles. The Kier molecular flexibility index (Phi) is 6.27. The number of halogens is 2. The number of allylic oxidation sites excluding steroid dienone is 1. The number of hydrogen-bond donors (Lipinski definition) is 0. The number of carbonyl (C=O) groups is 1.